The molecule has 2 unspecified atom stereocenters. The van der Waals surface area contributed by atoms with Gasteiger partial charge in [0.2, 0.25) is 5.91 Å². The molecule has 2 aromatic heterocycles. The molecule has 3 aromatic rings. The summed E-state index contributed by atoms with van der Waals surface area (Å²) in [6.07, 6.45) is 4.21. The molecule has 3 heterocycles. The maximum absolute atomic E-state index is 12.5. The van der Waals surface area contributed by atoms with Crippen LogP contribution < -0.4 is 10.2 Å². The van der Waals surface area contributed by atoms with Crippen molar-refractivity contribution in [2.24, 2.45) is 0 Å². The Morgan fingerprint density at radius 1 is 1.18 bits per heavy atom. The van der Waals surface area contributed by atoms with Crippen molar-refractivity contribution in [2.75, 3.05) is 23.8 Å². The molecule has 0 radical (unpaired) electrons. The molecule has 4 rings (SSSR count). The number of amides is 2. The van der Waals surface area contributed by atoms with E-state index in [1.165, 1.54) is 0 Å². The van der Waals surface area contributed by atoms with Crippen LogP contribution in [-0.2, 0) is 16.1 Å². The van der Waals surface area contributed by atoms with Gasteiger partial charge in [-0.3, -0.25) is 9.48 Å². The average Bonchev–Trinajstić information content (AvgIpc) is 3.30. The summed E-state index contributed by atoms with van der Waals surface area (Å²) in [7, 11) is 1.72. The number of nitrogens with zero attached hydrogens (tertiary/aromatic N) is 5. The molecule has 0 aliphatic carbocycles. The first kappa shape index (κ1) is 27.2. The maximum Gasteiger partial charge on any atom is 0.410 e. The highest BCUT2D eigenvalue weighted by Gasteiger charge is 2.33. The van der Waals surface area contributed by atoms with Crippen molar-refractivity contribution >= 4 is 23.5 Å². The van der Waals surface area contributed by atoms with Gasteiger partial charge < -0.3 is 19.9 Å². The number of fused-ring (bicyclic) bond motifs is 1. The minimum Gasteiger partial charge on any atom is -0.444 e. The fraction of sp³-hybridized carbons (Fsp3) is 0.448. The summed E-state index contributed by atoms with van der Waals surface area (Å²) < 4.78 is 7.25. The fourth-order valence-electron chi connectivity index (χ4n) is 4.78. The fourth-order valence-corrected chi connectivity index (χ4v) is 4.78. The molecule has 9 heteroatoms. The number of pyridine rings is 1. The van der Waals surface area contributed by atoms with Crippen LogP contribution in [0.5, 0.6) is 0 Å². The van der Waals surface area contributed by atoms with E-state index in [2.05, 4.69) is 28.4 Å². The van der Waals surface area contributed by atoms with E-state index in [1.807, 2.05) is 80.0 Å². The monoisotopic (exact) mass is 518 g/mol. The third-order valence-electron chi connectivity index (χ3n) is 6.57. The van der Waals surface area contributed by atoms with Crippen LogP contribution in [0, 0.1) is 6.92 Å². The summed E-state index contributed by atoms with van der Waals surface area (Å²) in [6, 6.07) is 12.2. The number of carbonyl (C=O) groups excluding carboxylic acids is 2. The quantitative estimate of drug-likeness (QED) is 0.469. The maximum atomic E-state index is 12.5. The van der Waals surface area contributed by atoms with Gasteiger partial charge in [0.25, 0.3) is 0 Å². The van der Waals surface area contributed by atoms with Crippen LogP contribution in [0.2, 0.25) is 0 Å². The molecular formula is C29H38N6O3. The smallest absolute Gasteiger partial charge is 0.410 e. The van der Waals surface area contributed by atoms with Crippen LogP contribution in [0.1, 0.15) is 58.3 Å². The first-order chi connectivity index (χ1) is 17.9. The number of anilines is 2. The number of aromatic nitrogens is 3. The molecule has 0 saturated carbocycles. The van der Waals surface area contributed by atoms with E-state index in [0.717, 1.165) is 40.3 Å². The Morgan fingerprint density at radius 2 is 1.95 bits per heavy atom. The Bertz CT molecular complexity index is 1310. The lowest BCUT2D eigenvalue weighted by atomic mass is 9.89. The second kappa shape index (κ2) is 10.8. The van der Waals surface area contributed by atoms with E-state index < -0.39 is 5.60 Å². The molecule has 1 aromatic carbocycles. The molecule has 202 valence electrons. The largest absolute Gasteiger partial charge is 0.444 e. The average molecular weight is 519 g/mol. The van der Waals surface area contributed by atoms with E-state index in [0.29, 0.717) is 13.1 Å². The Labute approximate surface area is 224 Å². The highest BCUT2D eigenvalue weighted by atomic mass is 16.6. The Balaban J connectivity index is 1.56. The van der Waals surface area contributed by atoms with E-state index >= 15 is 0 Å². The van der Waals surface area contributed by atoms with Gasteiger partial charge in [0.15, 0.2) is 0 Å². The van der Waals surface area contributed by atoms with Crippen LogP contribution in [0.3, 0.4) is 0 Å². The predicted molar refractivity (Wildman–Crippen MR) is 149 cm³/mol. The molecule has 2 amide bonds. The van der Waals surface area contributed by atoms with E-state index in [9.17, 15) is 9.59 Å². The predicted octanol–water partition coefficient (Wildman–Crippen LogP) is 5.42. The second-order valence-corrected chi connectivity index (χ2v) is 11.0. The minimum absolute atomic E-state index is 0.00220. The summed E-state index contributed by atoms with van der Waals surface area (Å²) in [5.41, 5.74) is 4.36. The Kier molecular flexibility index (Phi) is 7.76. The van der Waals surface area contributed by atoms with Crippen molar-refractivity contribution in [1.82, 2.24) is 19.7 Å². The van der Waals surface area contributed by atoms with Crippen molar-refractivity contribution in [1.29, 1.82) is 0 Å². The Hall–Kier alpha value is -3.88. The van der Waals surface area contributed by atoms with Crippen LogP contribution in [0.25, 0.3) is 11.1 Å². The number of ether oxygens (including phenoxy) is 1. The first-order valence-corrected chi connectivity index (χ1v) is 13.0. The summed E-state index contributed by atoms with van der Waals surface area (Å²) >= 11 is 0. The van der Waals surface area contributed by atoms with Crippen LogP contribution in [-0.4, -0.2) is 56.9 Å². The van der Waals surface area contributed by atoms with Gasteiger partial charge in [-0.1, -0.05) is 12.1 Å². The molecular weight excluding hydrogens is 480 g/mol. The number of rotatable bonds is 6. The van der Waals surface area contributed by atoms with Gasteiger partial charge in [-0.2, -0.15) is 5.10 Å². The van der Waals surface area contributed by atoms with Crippen molar-refractivity contribution in [3.63, 3.8) is 0 Å². The molecule has 1 aliphatic rings. The highest BCUT2D eigenvalue weighted by molar-refractivity contribution is 5.94. The second-order valence-electron chi connectivity index (χ2n) is 11.0. The highest BCUT2D eigenvalue weighted by Crippen LogP contribution is 2.41. The topological polar surface area (TPSA) is 92.6 Å². The van der Waals surface area contributed by atoms with E-state index in [-0.39, 0.29) is 24.1 Å². The lowest BCUT2D eigenvalue weighted by molar-refractivity contribution is -0.117. The molecule has 1 aliphatic heterocycles. The minimum atomic E-state index is -0.533. The number of carbonyl (C=O) groups is 2. The van der Waals surface area contributed by atoms with Crippen molar-refractivity contribution in [3.05, 3.63) is 60.0 Å². The molecule has 0 fully saturated rings. The van der Waals surface area contributed by atoms with Gasteiger partial charge in [0.05, 0.1) is 18.8 Å². The molecule has 0 bridgehead atoms. The van der Waals surface area contributed by atoms with Gasteiger partial charge in [-0.25, -0.2) is 9.78 Å². The van der Waals surface area contributed by atoms with Gasteiger partial charge >= 0.3 is 6.09 Å². The van der Waals surface area contributed by atoms with Crippen molar-refractivity contribution in [2.45, 2.75) is 72.2 Å². The van der Waals surface area contributed by atoms with E-state index in [1.54, 1.807) is 18.9 Å². The lowest BCUT2D eigenvalue weighted by Crippen LogP contribution is -2.43. The zero-order valence-corrected chi connectivity index (χ0v) is 23.4. The standard InChI is InChI=1S/C29H38N6O3/c1-19-9-8-10-27(31-19)32-25-15-20(2)35(21(3)36)26-12-11-22(16-24(25)26)23-17-30-34(18-23)14-13-33(7)28(37)38-29(4,5)6/h8-12,16-18,20,25H,13-15H2,1-7H3,(H,31,32). The number of likely N-dealkylation sites (N-methyl/N-ethyl adjacent to an activating group) is 1. The number of benzene rings is 1. The third kappa shape index (κ3) is 6.33. The van der Waals surface area contributed by atoms with Crippen molar-refractivity contribution in [3.8, 4) is 11.1 Å². The molecule has 9 nitrogen and oxygen atoms in total. The van der Waals surface area contributed by atoms with Gasteiger partial charge in [-0.05, 0) is 76.4 Å². The van der Waals surface area contributed by atoms with Gasteiger partial charge in [-0.15, -0.1) is 0 Å². The summed E-state index contributed by atoms with van der Waals surface area (Å²) in [5, 5.41) is 8.10. The lowest BCUT2D eigenvalue weighted by Gasteiger charge is -2.39. The van der Waals surface area contributed by atoms with Crippen LogP contribution in [0.15, 0.2) is 48.8 Å². The number of nitrogens with one attached hydrogen (secondary N) is 1. The number of hydrogen-bond acceptors (Lipinski definition) is 6. The Morgan fingerprint density at radius 3 is 2.63 bits per heavy atom. The molecule has 1 N–H and O–H groups in total. The van der Waals surface area contributed by atoms with Crippen LogP contribution >= 0.6 is 0 Å². The van der Waals surface area contributed by atoms with Crippen molar-refractivity contribution < 1.29 is 14.3 Å². The normalized spacial score (nSPS) is 17.1. The summed E-state index contributed by atoms with van der Waals surface area (Å²) in [5.74, 6) is 0.845. The SMILES string of the molecule is CC(=O)N1c2ccc(-c3cnn(CCN(C)C(=O)OC(C)(C)C)c3)cc2C(Nc2cccc(C)n2)CC1C. The third-order valence-corrected chi connectivity index (χ3v) is 6.57. The van der Waals surface area contributed by atoms with Crippen LogP contribution in [0.4, 0.5) is 16.3 Å². The molecule has 38 heavy (non-hydrogen) atoms. The van der Waals surface area contributed by atoms with E-state index in [4.69, 9.17) is 4.74 Å². The summed E-state index contributed by atoms with van der Waals surface area (Å²) in [6.45, 7) is 12.2. The molecule has 0 saturated heterocycles. The van der Waals surface area contributed by atoms with Gasteiger partial charge in [0, 0.05) is 49.7 Å². The zero-order valence-electron chi connectivity index (χ0n) is 23.4. The first-order valence-electron chi connectivity index (χ1n) is 13.0. The number of hydrogen-bond donors (Lipinski definition) is 1. The van der Waals surface area contributed by atoms with Gasteiger partial charge in [0.1, 0.15) is 11.4 Å². The summed E-state index contributed by atoms with van der Waals surface area (Å²) in [4.78, 5) is 32.8. The zero-order chi connectivity index (χ0) is 27.6. The molecule has 2 atom stereocenters. The number of aryl methyl sites for hydroxylation is 1. The molecule has 0 spiro atoms.